The lowest BCUT2D eigenvalue weighted by molar-refractivity contribution is 0.206. The Hall–Kier alpha value is -2.30. The van der Waals surface area contributed by atoms with Crippen molar-refractivity contribution in [3.63, 3.8) is 0 Å². The summed E-state index contributed by atoms with van der Waals surface area (Å²) in [6.07, 6.45) is 2.75. The van der Waals surface area contributed by atoms with Crippen LogP contribution >= 0.6 is 0 Å². The molecule has 3 rings (SSSR count). The van der Waals surface area contributed by atoms with Gasteiger partial charge in [0.1, 0.15) is 5.76 Å². The van der Waals surface area contributed by atoms with Crippen LogP contribution in [0.1, 0.15) is 48.4 Å². The fourth-order valence-electron chi connectivity index (χ4n) is 3.25. The molecule has 0 spiro atoms. The Morgan fingerprint density at radius 1 is 1.35 bits per heavy atom. The number of benzene rings is 1. The molecule has 1 N–H and O–H groups in total. The number of hydrogen-bond acceptors (Lipinski definition) is 3. The number of urea groups is 1. The molecule has 2 heterocycles. The zero-order valence-electron chi connectivity index (χ0n) is 13.9. The number of likely N-dealkylation sites (tertiary alicyclic amines) is 1. The van der Waals surface area contributed by atoms with E-state index in [9.17, 15) is 4.79 Å². The van der Waals surface area contributed by atoms with Crippen molar-refractivity contribution in [2.24, 2.45) is 0 Å². The molecule has 0 bridgehead atoms. The van der Waals surface area contributed by atoms with Crippen LogP contribution in [0.15, 0.2) is 28.8 Å². The number of carbonyl (C=O) groups is 1. The van der Waals surface area contributed by atoms with Crippen LogP contribution < -0.4 is 5.32 Å². The second-order valence-electron chi connectivity index (χ2n) is 6.11. The molecule has 2 aromatic rings. The molecule has 1 aromatic heterocycles. The summed E-state index contributed by atoms with van der Waals surface area (Å²) < 4.78 is 5.41. The highest BCUT2D eigenvalue weighted by Gasteiger charge is 2.34. The highest BCUT2D eigenvalue weighted by molar-refractivity contribution is 5.89. The van der Waals surface area contributed by atoms with Crippen molar-refractivity contribution in [2.75, 3.05) is 11.9 Å². The van der Waals surface area contributed by atoms with Gasteiger partial charge in [0.15, 0.2) is 0 Å². The van der Waals surface area contributed by atoms with Crippen molar-refractivity contribution < 1.29 is 9.32 Å². The maximum atomic E-state index is 12.7. The maximum absolute atomic E-state index is 12.7. The third-order valence-corrected chi connectivity index (χ3v) is 4.45. The van der Waals surface area contributed by atoms with Gasteiger partial charge in [-0.25, -0.2) is 4.79 Å². The van der Waals surface area contributed by atoms with Crippen LogP contribution in [0, 0.1) is 13.8 Å². The second kappa shape index (κ2) is 6.44. The van der Waals surface area contributed by atoms with Crippen molar-refractivity contribution >= 4 is 11.7 Å². The summed E-state index contributed by atoms with van der Waals surface area (Å²) in [6, 6.07) is 7.86. The number of carbonyl (C=O) groups excluding carboxylic acids is 1. The van der Waals surface area contributed by atoms with E-state index in [1.165, 1.54) is 5.56 Å². The number of anilines is 1. The molecular weight excluding hydrogens is 290 g/mol. The number of aryl methyl sites for hydroxylation is 3. The molecule has 5 nitrogen and oxygen atoms in total. The molecule has 0 saturated carbocycles. The first kappa shape index (κ1) is 15.6. The van der Waals surface area contributed by atoms with Gasteiger partial charge in [0, 0.05) is 24.2 Å². The normalized spacial score (nSPS) is 17.5. The highest BCUT2D eigenvalue weighted by atomic mass is 16.5. The molecule has 1 aliphatic rings. The van der Waals surface area contributed by atoms with Crippen molar-refractivity contribution in [1.29, 1.82) is 0 Å². The first-order valence-electron chi connectivity index (χ1n) is 8.19. The van der Waals surface area contributed by atoms with E-state index in [0.29, 0.717) is 0 Å². The van der Waals surface area contributed by atoms with E-state index in [1.54, 1.807) is 0 Å². The molecule has 1 aromatic carbocycles. The molecule has 122 valence electrons. The number of rotatable bonds is 3. The number of nitrogens with zero attached hydrogens (tertiary/aromatic N) is 2. The molecule has 1 fully saturated rings. The third-order valence-electron chi connectivity index (χ3n) is 4.45. The summed E-state index contributed by atoms with van der Waals surface area (Å²) in [5.41, 5.74) is 3.98. The molecule has 0 aliphatic carbocycles. The maximum Gasteiger partial charge on any atom is 0.322 e. The van der Waals surface area contributed by atoms with Gasteiger partial charge in [-0.1, -0.05) is 29.8 Å². The average molecular weight is 313 g/mol. The number of nitrogens with one attached hydrogen (secondary N) is 1. The van der Waals surface area contributed by atoms with Gasteiger partial charge in [-0.15, -0.1) is 0 Å². The second-order valence-corrected chi connectivity index (χ2v) is 6.11. The summed E-state index contributed by atoms with van der Waals surface area (Å²) in [5.74, 6) is 0.891. The van der Waals surface area contributed by atoms with Crippen LogP contribution in [-0.4, -0.2) is 22.6 Å². The fraction of sp³-hybridized carbons (Fsp3) is 0.444. The Morgan fingerprint density at radius 2 is 2.09 bits per heavy atom. The predicted molar refractivity (Wildman–Crippen MR) is 89.5 cm³/mol. The Labute approximate surface area is 136 Å². The molecule has 0 radical (unpaired) electrons. The van der Waals surface area contributed by atoms with Crippen LogP contribution in [0.3, 0.4) is 0 Å². The van der Waals surface area contributed by atoms with E-state index in [1.807, 2.05) is 43.0 Å². The van der Waals surface area contributed by atoms with Crippen LogP contribution in [0.5, 0.6) is 0 Å². The molecule has 0 unspecified atom stereocenters. The van der Waals surface area contributed by atoms with Gasteiger partial charge in [0.2, 0.25) is 0 Å². The van der Waals surface area contributed by atoms with Gasteiger partial charge in [-0.2, -0.15) is 0 Å². The summed E-state index contributed by atoms with van der Waals surface area (Å²) in [7, 11) is 0. The zero-order valence-corrected chi connectivity index (χ0v) is 13.9. The monoisotopic (exact) mass is 313 g/mol. The lowest BCUT2D eigenvalue weighted by Gasteiger charge is -2.25. The van der Waals surface area contributed by atoms with Crippen LogP contribution in [0.4, 0.5) is 10.5 Å². The van der Waals surface area contributed by atoms with Gasteiger partial charge in [-0.05, 0) is 38.8 Å². The van der Waals surface area contributed by atoms with Crippen LogP contribution in [0.2, 0.25) is 0 Å². The molecule has 2 amide bonds. The van der Waals surface area contributed by atoms with Crippen molar-refractivity contribution in [3.05, 3.63) is 46.8 Å². The minimum absolute atomic E-state index is 0.0565. The van der Waals surface area contributed by atoms with E-state index in [2.05, 4.69) is 17.4 Å². The van der Waals surface area contributed by atoms with E-state index < -0.39 is 0 Å². The van der Waals surface area contributed by atoms with Crippen LogP contribution in [0.25, 0.3) is 0 Å². The zero-order chi connectivity index (χ0) is 16.4. The van der Waals surface area contributed by atoms with E-state index in [-0.39, 0.29) is 12.1 Å². The third kappa shape index (κ3) is 3.09. The molecule has 1 aliphatic heterocycles. The average Bonchev–Trinajstić information content (AvgIpc) is 3.15. The van der Waals surface area contributed by atoms with Crippen molar-refractivity contribution in [2.45, 2.75) is 46.1 Å². The van der Waals surface area contributed by atoms with Crippen molar-refractivity contribution in [3.8, 4) is 0 Å². The quantitative estimate of drug-likeness (QED) is 0.923. The first-order valence-corrected chi connectivity index (χ1v) is 8.19. The molecule has 1 saturated heterocycles. The fourth-order valence-corrected chi connectivity index (χ4v) is 3.25. The summed E-state index contributed by atoms with van der Waals surface area (Å²) in [5, 5.41) is 7.08. The van der Waals surface area contributed by atoms with E-state index >= 15 is 0 Å². The lowest BCUT2D eigenvalue weighted by atomic mass is 10.0. The van der Waals surface area contributed by atoms with Gasteiger partial charge in [-0.3, -0.25) is 0 Å². The Kier molecular flexibility index (Phi) is 4.37. The van der Waals surface area contributed by atoms with Gasteiger partial charge in [0.05, 0.1) is 11.7 Å². The summed E-state index contributed by atoms with van der Waals surface area (Å²) in [4.78, 5) is 14.6. The van der Waals surface area contributed by atoms with Gasteiger partial charge in [0.25, 0.3) is 0 Å². The van der Waals surface area contributed by atoms with Crippen LogP contribution in [-0.2, 0) is 6.42 Å². The lowest BCUT2D eigenvalue weighted by Crippen LogP contribution is -2.34. The van der Waals surface area contributed by atoms with E-state index in [4.69, 9.17) is 4.52 Å². The Balaban J connectivity index is 1.79. The SMILES string of the molecule is CCc1onc(C)c1[C@@H]1CCCN1C(=O)Nc1ccc(C)cc1. The standard InChI is InChI=1S/C18H23N3O2/c1-4-16-17(13(3)20-23-16)15-6-5-11-21(15)18(22)19-14-9-7-12(2)8-10-14/h7-10,15H,4-6,11H2,1-3H3,(H,19,22)/t15-/m0/s1. The molecule has 1 atom stereocenters. The van der Waals surface area contributed by atoms with Gasteiger partial charge >= 0.3 is 6.03 Å². The largest absolute Gasteiger partial charge is 0.361 e. The topological polar surface area (TPSA) is 58.4 Å². The molecule has 23 heavy (non-hydrogen) atoms. The number of hydrogen-bond donors (Lipinski definition) is 1. The minimum Gasteiger partial charge on any atom is -0.361 e. The summed E-state index contributed by atoms with van der Waals surface area (Å²) in [6.45, 7) is 6.79. The van der Waals surface area contributed by atoms with Crippen molar-refractivity contribution in [1.82, 2.24) is 10.1 Å². The predicted octanol–water partition coefficient (Wildman–Crippen LogP) is 4.22. The molecule has 5 heteroatoms. The smallest absolute Gasteiger partial charge is 0.322 e. The minimum atomic E-state index is -0.0565. The number of amides is 2. The Bertz CT molecular complexity index is 691. The summed E-state index contributed by atoms with van der Waals surface area (Å²) >= 11 is 0. The molecular formula is C18H23N3O2. The van der Waals surface area contributed by atoms with E-state index in [0.717, 1.165) is 48.5 Å². The first-order chi connectivity index (χ1) is 11.1. The number of aromatic nitrogens is 1. The van der Waals surface area contributed by atoms with Gasteiger partial charge < -0.3 is 14.7 Å². The highest BCUT2D eigenvalue weighted by Crippen LogP contribution is 2.36. The Morgan fingerprint density at radius 3 is 2.78 bits per heavy atom.